The van der Waals surface area contributed by atoms with Crippen LogP contribution in [-0.2, 0) is 10.0 Å². The monoisotopic (exact) mass is 385 g/mol. The molecule has 0 atom stereocenters. The number of anilines is 1. The molecule has 5 nitrogen and oxygen atoms in total. The van der Waals surface area contributed by atoms with Gasteiger partial charge < -0.3 is 0 Å². The molecule has 0 amide bonds. The van der Waals surface area contributed by atoms with E-state index in [4.69, 9.17) is 16.6 Å². The van der Waals surface area contributed by atoms with Crippen LogP contribution in [0.25, 0.3) is 0 Å². The molecule has 0 aliphatic heterocycles. The molecule has 2 aromatic carbocycles. The standard InChI is InChI=1S/C19H16ClN3O2S/c1-26(24,25)23-17-12-16(13-21-19(17)20)22-18(14-8-4-2-5-9-14)15-10-6-3-7-11-15/h2-13,23H,1H3. The maximum atomic E-state index is 11.5. The molecule has 1 heterocycles. The minimum absolute atomic E-state index is 0.0651. The summed E-state index contributed by atoms with van der Waals surface area (Å²) < 4.78 is 25.3. The van der Waals surface area contributed by atoms with Crippen LogP contribution in [0.15, 0.2) is 77.9 Å². The Bertz CT molecular complexity index is 995. The van der Waals surface area contributed by atoms with Crippen molar-refractivity contribution < 1.29 is 8.42 Å². The van der Waals surface area contributed by atoms with Crippen molar-refractivity contribution in [1.82, 2.24) is 4.98 Å². The number of rotatable bonds is 5. The molecule has 0 aliphatic rings. The average molecular weight is 386 g/mol. The van der Waals surface area contributed by atoms with Crippen LogP contribution in [0.1, 0.15) is 11.1 Å². The summed E-state index contributed by atoms with van der Waals surface area (Å²) in [6.07, 6.45) is 2.56. The Balaban J connectivity index is 2.10. The lowest BCUT2D eigenvalue weighted by molar-refractivity contribution is 0.607. The highest BCUT2D eigenvalue weighted by Crippen LogP contribution is 2.26. The van der Waals surface area contributed by atoms with E-state index < -0.39 is 10.0 Å². The molecule has 0 saturated heterocycles. The Labute approximate surface area is 157 Å². The van der Waals surface area contributed by atoms with Gasteiger partial charge in [0.15, 0.2) is 5.15 Å². The summed E-state index contributed by atoms with van der Waals surface area (Å²) in [5.41, 5.74) is 3.30. The van der Waals surface area contributed by atoms with Gasteiger partial charge in [-0.25, -0.2) is 18.4 Å². The fourth-order valence-electron chi connectivity index (χ4n) is 2.39. The maximum Gasteiger partial charge on any atom is 0.229 e. The molecule has 0 spiro atoms. The van der Waals surface area contributed by atoms with E-state index in [1.54, 1.807) is 6.07 Å². The topological polar surface area (TPSA) is 71.4 Å². The zero-order valence-corrected chi connectivity index (χ0v) is 15.5. The Morgan fingerprint density at radius 3 is 2.04 bits per heavy atom. The van der Waals surface area contributed by atoms with Crippen molar-refractivity contribution in [3.8, 4) is 0 Å². The van der Waals surface area contributed by atoms with Gasteiger partial charge >= 0.3 is 0 Å². The lowest BCUT2D eigenvalue weighted by Crippen LogP contribution is -2.10. The van der Waals surface area contributed by atoms with Crippen LogP contribution in [0.3, 0.4) is 0 Å². The fourth-order valence-corrected chi connectivity index (χ4v) is 3.15. The van der Waals surface area contributed by atoms with Gasteiger partial charge in [-0.3, -0.25) is 4.72 Å². The van der Waals surface area contributed by atoms with Crippen molar-refractivity contribution in [2.75, 3.05) is 11.0 Å². The van der Waals surface area contributed by atoms with Crippen LogP contribution in [0.4, 0.5) is 11.4 Å². The van der Waals surface area contributed by atoms with E-state index in [1.165, 1.54) is 6.20 Å². The van der Waals surface area contributed by atoms with Crippen molar-refractivity contribution in [2.24, 2.45) is 4.99 Å². The normalized spacial score (nSPS) is 11.0. The molecular weight excluding hydrogens is 370 g/mol. The number of aromatic nitrogens is 1. The van der Waals surface area contributed by atoms with Gasteiger partial charge in [0.2, 0.25) is 10.0 Å². The first-order valence-electron chi connectivity index (χ1n) is 7.75. The molecule has 0 radical (unpaired) electrons. The van der Waals surface area contributed by atoms with Crippen LogP contribution < -0.4 is 4.72 Å². The van der Waals surface area contributed by atoms with Gasteiger partial charge in [0.25, 0.3) is 0 Å². The Morgan fingerprint density at radius 2 is 1.54 bits per heavy atom. The molecule has 1 aromatic heterocycles. The Kier molecular flexibility index (Phi) is 5.35. The molecule has 0 aliphatic carbocycles. The number of benzene rings is 2. The first-order chi connectivity index (χ1) is 12.4. The predicted molar refractivity (Wildman–Crippen MR) is 106 cm³/mol. The Morgan fingerprint density at radius 1 is 1.00 bits per heavy atom. The molecule has 0 unspecified atom stereocenters. The van der Waals surface area contributed by atoms with Gasteiger partial charge in [-0.05, 0) is 6.07 Å². The molecule has 3 aromatic rings. The maximum absolute atomic E-state index is 11.5. The predicted octanol–water partition coefficient (Wildman–Crippen LogP) is 4.28. The summed E-state index contributed by atoms with van der Waals surface area (Å²) in [6, 6.07) is 21.0. The number of hydrogen-bond acceptors (Lipinski definition) is 4. The Hall–Kier alpha value is -2.70. The highest BCUT2D eigenvalue weighted by molar-refractivity contribution is 7.92. The van der Waals surface area contributed by atoms with E-state index in [2.05, 4.69) is 9.71 Å². The molecule has 3 rings (SSSR count). The number of aliphatic imine (C=N–C) groups is 1. The second-order valence-electron chi connectivity index (χ2n) is 5.60. The highest BCUT2D eigenvalue weighted by atomic mass is 35.5. The third kappa shape index (κ3) is 4.68. The second kappa shape index (κ2) is 7.68. The molecule has 0 saturated carbocycles. The van der Waals surface area contributed by atoms with E-state index in [0.717, 1.165) is 23.1 Å². The minimum Gasteiger partial charge on any atom is -0.281 e. The largest absolute Gasteiger partial charge is 0.281 e. The van der Waals surface area contributed by atoms with Crippen molar-refractivity contribution in [3.63, 3.8) is 0 Å². The number of pyridine rings is 1. The van der Waals surface area contributed by atoms with Gasteiger partial charge in [0, 0.05) is 11.1 Å². The van der Waals surface area contributed by atoms with Crippen molar-refractivity contribution in [3.05, 3.63) is 89.2 Å². The number of halogens is 1. The number of nitrogens with one attached hydrogen (secondary N) is 1. The van der Waals surface area contributed by atoms with Crippen LogP contribution in [-0.4, -0.2) is 25.4 Å². The van der Waals surface area contributed by atoms with E-state index in [0.29, 0.717) is 5.69 Å². The first kappa shape index (κ1) is 18.1. The van der Waals surface area contributed by atoms with E-state index >= 15 is 0 Å². The average Bonchev–Trinajstić information content (AvgIpc) is 2.62. The third-order valence-electron chi connectivity index (χ3n) is 3.46. The summed E-state index contributed by atoms with van der Waals surface area (Å²) in [7, 11) is -3.47. The molecule has 0 fully saturated rings. The molecule has 132 valence electrons. The van der Waals surface area contributed by atoms with Gasteiger partial charge in [-0.15, -0.1) is 0 Å². The summed E-state index contributed by atoms with van der Waals surface area (Å²) in [5, 5.41) is 0.0651. The molecule has 1 N–H and O–H groups in total. The van der Waals surface area contributed by atoms with Gasteiger partial charge in [0.1, 0.15) is 0 Å². The molecule has 0 bridgehead atoms. The van der Waals surface area contributed by atoms with Crippen molar-refractivity contribution in [1.29, 1.82) is 0 Å². The number of hydrogen-bond donors (Lipinski definition) is 1. The zero-order valence-electron chi connectivity index (χ0n) is 13.9. The molecule has 7 heteroatoms. The molecule has 26 heavy (non-hydrogen) atoms. The van der Waals surface area contributed by atoms with Gasteiger partial charge in [0.05, 0.1) is 29.5 Å². The summed E-state index contributed by atoms with van der Waals surface area (Å²) >= 11 is 5.99. The third-order valence-corrected chi connectivity index (χ3v) is 4.35. The van der Waals surface area contributed by atoms with Crippen LogP contribution in [0, 0.1) is 0 Å². The smallest absolute Gasteiger partial charge is 0.229 e. The lowest BCUT2D eigenvalue weighted by Gasteiger charge is -2.09. The fraction of sp³-hybridized carbons (Fsp3) is 0.0526. The van der Waals surface area contributed by atoms with Gasteiger partial charge in [-0.2, -0.15) is 0 Å². The lowest BCUT2D eigenvalue weighted by atomic mass is 10.0. The SMILES string of the molecule is CS(=O)(=O)Nc1cc(N=C(c2ccccc2)c2ccccc2)cnc1Cl. The van der Waals surface area contributed by atoms with E-state index in [-0.39, 0.29) is 10.8 Å². The highest BCUT2D eigenvalue weighted by Gasteiger charge is 2.11. The molecular formula is C19H16ClN3O2S. The number of nitrogens with zero attached hydrogens (tertiary/aromatic N) is 2. The van der Waals surface area contributed by atoms with Crippen LogP contribution in [0.5, 0.6) is 0 Å². The minimum atomic E-state index is -3.47. The quantitative estimate of drug-likeness (QED) is 0.526. The van der Waals surface area contributed by atoms with Crippen LogP contribution >= 0.6 is 11.6 Å². The second-order valence-corrected chi connectivity index (χ2v) is 7.71. The summed E-state index contributed by atoms with van der Waals surface area (Å²) in [4.78, 5) is 8.73. The first-order valence-corrected chi connectivity index (χ1v) is 10.0. The summed E-state index contributed by atoms with van der Waals surface area (Å²) in [5.74, 6) is 0. The number of sulfonamides is 1. The summed E-state index contributed by atoms with van der Waals surface area (Å²) in [6.45, 7) is 0. The zero-order chi connectivity index (χ0) is 18.6. The van der Waals surface area contributed by atoms with E-state index in [1.807, 2.05) is 60.7 Å². The van der Waals surface area contributed by atoms with Crippen LogP contribution in [0.2, 0.25) is 5.15 Å². The van der Waals surface area contributed by atoms with Crippen molar-refractivity contribution in [2.45, 2.75) is 0 Å². The van der Waals surface area contributed by atoms with Gasteiger partial charge in [-0.1, -0.05) is 72.3 Å². The van der Waals surface area contributed by atoms with Crippen molar-refractivity contribution >= 4 is 38.7 Å². The van der Waals surface area contributed by atoms with E-state index in [9.17, 15) is 8.42 Å².